The molecular weight excluding hydrogens is 747 g/mol. The number of hydrogen-bond donors (Lipinski definition) is 2. The summed E-state index contributed by atoms with van der Waals surface area (Å²) in [5.74, 6) is -0.594. The Morgan fingerprint density at radius 2 is 2.04 bits per heavy atom. The molecule has 56 heavy (non-hydrogen) atoms. The number of hydrazine groups is 1. The van der Waals surface area contributed by atoms with Crippen LogP contribution in [0.4, 0.5) is 4.79 Å². The standard InChI is InChI=1S/C41H51N7O6SSi/c1-7-46-32-13-12-25-16-28(32)29(35(46)27-10-8-14-42-34(27)24(2)52-6)17-40(3,4)23-54-36(49)30-11-9-15-48(44-30)37(50)41(18-33-43-31(25)21-55-33)22-47(38(41)56)39(51)45(5)26-19-53-20-26/h8,10,12-13,16,21,24,26,30,42,44H,7,9,11,14-15,17-20,22-23H2,1-6H3/t24-,30-,41?/m0/s1. The Labute approximate surface area is 335 Å². The maximum absolute atomic E-state index is 14.7. The van der Waals surface area contributed by atoms with E-state index in [4.69, 9.17) is 19.2 Å². The van der Waals surface area contributed by atoms with Crippen molar-refractivity contribution in [3.63, 3.8) is 0 Å². The smallest absolute Gasteiger partial charge is 0.324 e. The molecule has 2 aromatic heterocycles. The van der Waals surface area contributed by atoms with Gasteiger partial charge in [0.25, 0.3) is 5.91 Å². The molecule has 6 bridgehead atoms. The van der Waals surface area contributed by atoms with E-state index in [0.29, 0.717) is 44.3 Å². The molecule has 15 heteroatoms. The number of likely N-dealkylation sites (tertiary alicyclic amines) is 1. The van der Waals surface area contributed by atoms with Crippen LogP contribution in [0.25, 0.3) is 27.7 Å². The average molecular weight is 798 g/mol. The zero-order valence-corrected chi connectivity index (χ0v) is 34.9. The number of urea groups is 1. The van der Waals surface area contributed by atoms with Crippen LogP contribution in [-0.2, 0) is 43.2 Å². The van der Waals surface area contributed by atoms with Crippen molar-refractivity contribution in [2.75, 3.05) is 53.6 Å². The first-order valence-electron chi connectivity index (χ1n) is 19.6. The van der Waals surface area contributed by atoms with E-state index in [2.05, 4.69) is 88.6 Å². The first-order chi connectivity index (χ1) is 26.9. The lowest BCUT2D eigenvalue weighted by molar-refractivity contribution is -0.157. The summed E-state index contributed by atoms with van der Waals surface area (Å²) in [6.45, 7) is 11.7. The van der Waals surface area contributed by atoms with Crippen LogP contribution in [0.5, 0.6) is 0 Å². The van der Waals surface area contributed by atoms with Crippen molar-refractivity contribution in [3.05, 3.63) is 57.7 Å². The number of ether oxygens (including phenoxy) is 3. The fourth-order valence-electron chi connectivity index (χ4n) is 8.59. The molecule has 1 spiro atoms. The zero-order valence-electron chi connectivity index (χ0n) is 33.1. The Morgan fingerprint density at radius 3 is 2.75 bits per heavy atom. The number of methoxy groups -OCH3 is 1. The minimum Gasteiger partial charge on any atom is -0.464 e. The van der Waals surface area contributed by atoms with Crippen molar-refractivity contribution in [1.29, 1.82) is 0 Å². The number of likely N-dealkylation sites (N-methyl/N-ethyl adjacent to an activating group) is 1. The van der Waals surface area contributed by atoms with Gasteiger partial charge in [-0.25, -0.2) is 15.2 Å². The third kappa shape index (κ3) is 6.64. The number of carbonyl (C=O) groups is 3. The molecule has 1 aromatic carbocycles. The second-order valence-electron chi connectivity index (χ2n) is 16.4. The van der Waals surface area contributed by atoms with Gasteiger partial charge in [-0.15, -0.1) is 11.3 Å². The van der Waals surface area contributed by atoms with Gasteiger partial charge in [-0.1, -0.05) is 32.1 Å². The molecule has 3 amide bonds. The molecule has 1 unspecified atom stereocenters. The van der Waals surface area contributed by atoms with Crippen LogP contribution in [0, 0.1) is 10.8 Å². The summed E-state index contributed by atoms with van der Waals surface area (Å²) in [6, 6.07) is 5.65. The molecule has 13 nitrogen and oxygen atoms in total. The number of fused-ring (bicyclic) bond motifs is 6. The van der Waals surface area contributed by atoms with Gasteiger partial charge in [0.15, 0.2) is 0 Å². The lowest BCUT2D eigenvalue weighted by Gasteiger charge is -2.54. The number of aromatic nitrogens is 2. The minimum atomic E-state index is -1.10. The SMILES string of the molecule is CCn1c(C2=C([C@H](C)OC)NCC=C2)c2c3cc(ccc31)-c1csc(n1)CC1(CN(C(=O)N(C)C3COC3)C1=[Si])C(=O)N1CCC[C@H](N1)C(=O)OCC(C)(C)C2. The van der Waals surface area contributed by atoms with E-state index in [0.717, 1.165) is 57.2 Å². The molecule has 0 saturated carbocycles. The number of allylic oxidation sites excluding steroid dienone is 2. The van der Waals surface area contributed by atoms with Crippen LogP contribution in [0.3, 0.4) is 0 Å². The Balaban J connectivity index is 1.24. The molecule has 5 aliphatic heterocycles. The molecule has 5 aliphatic rings. The van der Waals surface area contributed by atoms with E-state index in [1.807, 2.05) is 0 Å². The number of hydrogen-bond acceptors (Lipinski definition) is 10. The number of dihydropyridines is 1. The van der Waals surface area contributed by atoms with Gasteiger partial charge in [0.05, 0.1) is 58.2 Å². The molecule has 7 heterocycles. The number of thiazole rings is 1. The minimum absolute atomic E-state index is 0.00630. The second-order valence-corrected chi connectivity index (χ2v) is 17.8. The summed E-state index contributed by atoms with van der Waals surface area (Å²) in [5, 5.41) is 9.59. The number of aryl methyl sites for hydroxylation is 1. The van der Waals surface area contributed by atoms with Crippen LogP contribution in [0.2, 0.25) is 0 Å². The van der Waals surface area contributed by atoms with E-state index >= 15 is 0 Å². The molecule has 0 aliphatic carbocycles. The fourth-order valence-corrected chi connectivity index (χ4v) is 9.95. The third-order valence-corrected chi connectivity index (χ3v) is 13.6. The normalized spacial score (nSPS) is 24.8. The van der Waals surface area contributed by atoms with Crippen LogP contribution >= 0.6 is 11.3 Å². The van der Waals surface area contributed by atoms with Crippen LogP contribution < -0.4 is 10.7 Å². The van der Waals surface area contributed by atoms with E-state index in [-0.39, 0.29) is 49.6 Å². The molecule has 3 aromatic rings. The second kappa shape index (κ2) is 15.0. The molecule has 3 atom stereocenters. The lowest BCUT2D eigenvalue weighted by Crippen LogP contribution is -2.74. The highest BCUT2D eigenvalue weighted by molar-refractivity contribution is 7.10. The van der Waals surface area contributed by atoms with Gasteiger partial charge in [0.1, 0.15) is 11.5 Å². The van der Waals surface area contributed by atoms with Crippen molar-refractivity contribution in [3.8, 4) is 11.3 Å². The summed E-state index contributed by atoms with van der Waals surface area (Å²) >= 11 is 1.51. The average Bonchev–Trinajstić information content (AvgIpc) is 3.77. The summed E-state index contributed by atoms with van der Waals surface area (Å²) < 4.78 is 19.7. The van der Waals surface area contributed by atoms with Crippen molar-refractivity contribution in [1.82, 2.24) is 35.1 Å². The maximum atomic E-state index is 14.7. The highest BCUT2D eigenvalue weighted by Crippen LogP contribution is 2.43. The van der Waals surface area contributed by atoms with E-state index in [9.17, 15) is 14.4 Å². The number of carbonyl (C=O) groups excluding carboxylic acids is 3. The van der Waals surface area contributed by atoms with Crippen molar-refractivity contribution < 1.29 is 28.6 Å². The summed E-state index contributed by atoms with van der Waals surface area (Å²) in [6.07, 6.45) is 6.30. The third-order valence-electron chi connectivity index (χ3n) is 12.0. The van der Waals surface area contributed by atoms with Gasteiger partial charge < -0.3 is 33.9 Å². The number of esters is 1. The number of nitrogens with one attached hydrogen (secondary N) is 2. The number of amides is 3. The van der Waals surface area contributed by atoms with Gasteiger partial charge in [-0.2, -0.15) is 0 Å². The summed E-state index contributed by atoms with van der Waals surface area (Å²) in [5.41, 5.74) is 9.03. The van der Waals surface area contributed by atoms with E-state index in [1.54, 1.807) is 29.0 Å². The number of rotatable bonds is 5. The Hall–Kier alpha value is -4.15. The summed E-state index contributed by atoms with van der Waals surface area (Å²) in [7, 11) is 7.29. The van der Waals surface area contributed by atoms with Crippen LogP contribution in [0.15, 0.2) is 41.4 Å². The first-order valence-corrected chi connectivity index (χ1v) is 21.0. The van der Waals surface area contributed by atoms with Crippen molar-refractivity contribution >= 4 is 60.9 Å². The highest BCUT2D eigenvalue weighted by atomic mass is 32.1. The molecule has 3 saturated heterocycles. The molecule has 2 radical (unpaired) electrons. The highest BCUT2D eigenvalue weighted by Gasteiger charge is 2.58. The Kier molecular flexibility index (Phi) is 10.4. The Bertz CT molecular complexity index is 2160. The van der Waals surface area contributed by atoms with Gasteiger partial charge >= 0.3 is 12.0 Å². The predicted octanol–water partition coefficient (Wildman–Crippen LogP) is 3.90. The number of nitrogens with zero attached hydrogens (tertiary/aromatic N) is 5. The molecule has 2 N–H and O–H groups in total. The molecular formula is C41H51N7O6SSi. The maximum Gasteiger partial charge on any atom is 0.324 e. The number of cyclic esters (lactones) is 1. The van der Waals surface area contributed by atoms with Crippen LogP contribution in [-0.4, -0.2) is 129 Å². The van der Waals surface area contributed by atoms with Gasteiger partial charge in [-0.3, -0.25) is 14.6 Å². The first kappa shape index (κ1) is 38.7. The Morgan fingerprint density at radius 1 is 1.23 bits per heavy atom. The zero-order chi connectivity index (χ0) is 39.5. The fraction of sp³-hybridized carbons (Fsp3) is 0.537. The topological polar surface area (TPSA) is 130 Å². The predicted molar refractivity (Wildman–Crippen MR) is 217 cm³/mol. The molecule has 296 valence electrons. The summed E-state index contributed by atoms with van der Waals surface area (Å²) in [4.78, 5) is 50.6. The van der Waals surface area contributed by atoms with E-state index in [1.165, 1.54) is 16.9 Å². The van der Waals surface area contributed by atoms with Gasteiger partial charge in [0, 0.05) is 90.6 Å². The van der Waals surface area contributed by atoms with Gasteiger partial charge in [-0.05, 0) is 50.8 Å². The van der Waals surface area contributed by atoms with Crippen molar-refractivity contribution in [2.24, 2.45) is 10.8 Å². The van der Waals surface area contributed by atoms with Crippen LogP contribution in [0.1, 0.15) is 56.8 Å². The number of benzene rings is 1. The molecule has 3 fully saturated rings. The monoisotopic (exact) mass is 797 g/mol. The quantitative estimate of drug-likeness (QED) is 0.292. The van der Waals surface area contributed by atoms with Crippen molar-refractivity contribution in [2.45, 2.75) is 78.1 Å². The largest absolute Gasteiger partial charge is 0.464 e. The lowest BCUT2D eigenvalue weighted by atomic mass is 9.75. The van der Waals surface area contributed by atoms with E-state index < -0.39 is 16.9 Å². The van der Waals surface area contributed by atoms with Gasteiger partial charge in [0.2, 0.25) is 0 Å². The molecule has 8 rings (SSSR count).